The van der Waals surface area contributed by atoms with Crippen LogP contribution in [0.3, 0.4) is 0 Å². The molecular formula is C4H9N5S. The first-order valence-electron chi connectivity index (χ1n) is 2.97. The topological polar surface area (TPSA) is 62.7 Å². The second kappa shape index (κ2) is 4.13. The fraction of sp³-hybridized carbons (Fsp3) is 0.750. The van der Waals surface area contributed by atoms with Gasteiger partial charge in [0.1, 0.15) is 0 Å². The van der Waals surface area contributed by atoms with Gasteiger partial charge < -0.3 is 10.6 Å². The van der Waals surface area contributed by atoms with Gasteiger partial charge >= 0.3 is 0 Å². The summed E-state index contributed by atoms with van der Waals surface area (Å²) in [4.78, 5) is 0. The number of nitrogens with one attached hydrogen (secondary N) is 2. The summed E-state index contributed by atoms with van der Waals surface area (Å²) < 4.78 is 3.60. The highest BCUT2D eigenvalue weighted by atomic mass is 32.1. The number of hydrogen-bond donors (Lipinski definition) is 2. The lowest BCUT2D eigenvalue weighted by atomic mass is 10.6. The molecule has 10 heavy (non-hydrogen) atoms. The Morgan fingerprint density at radius 3 is 3.00 bits per heavy atom. The molecule has 0 bridgehead atoms. The zero-order valence-electron chi connectivity index (χ0n) is 5.66. The van der Waals surface area contributed by atoms with Gasteiger partial charge in [-0.25, -0.2) is 0 Å². The molecule has 5 nitrogen and oxygen atoms in total. The zero-order valence-corrected chi connectivity index (χ0v) is 6.48. The maximum absolute atomic E-state index is 3.71. The minimum atomic E-state index is 0.773. The van der Waals surface area contributed by atoms with E-state index in [4.69, 9.17) is 0 Å². The van der Waals surface area contributed by atoms with E-state index in [1.54, 1.807) is 0 Å². The van der Waals surface area contributed by atoms with E-state index < -0.39 is 0 Å². The number of aromatic nitrogens is 3. The van der Waals surface area contributed by atoms with Gasteiger partial charge in [0.05, 0.1) is 0 Å². The molecule has 6 heteroatoms. The van der Waals surface area contributed by atoms with Gasteiger partial charge in [-0.3, -0.25) is 0 Å². The van der Waals surface area contributed by atoms with Crippen LogP contribution >= 0.6 is 11.5 Å². The number of nitrogens with zero attached hydrogens (tertiary/aromatic N) is 3. The summed E-state index contributed by atoms with van der Waals surface area (Å²) in [6.45, 7) is 1.77. The number of hydrogen-bond acceptors (Lipinski definition) is 6. The van der Waals surface area contributed by atoms with Gasteiger partial charge in [-0.05, 0) is 12.3 Å². The van der Waals surface area contributed by atoms with E-state index in [1.165, 1.54) is 11.5 Å². The molecule has 0 amide bonds. The van der Waals surface area contributed by atoms with E-state index in [9.17, 15) is 0 Å². The summed E-state index contributed by atoms with van der Waals surface area (Å²) in [5, 5.41) is 14.0. The Bertz CT molecular complexity index is 162. The number of rotatable bonds is 4. The summed E-state index contributed by atoms with van der Waals surface area (Å²) in [5.74, 6) is 0. The summed E-state index contributed by atoms with van der Waals surface area (Å²) >= 11 is 1.26. The molecule has 0 unspecified atom stereocenters. The molecule has 1 aromatic heterocycles. The third-order valence-electron chi connectivity index (χ3n) is 0.951. The van der Waals surface area contributed by atoms with Gasteiger partial charge in [0.2, 0.25) is 5.13 Å². The van der Waals surface area contributed by atoms with Crippen molar-refractivity contribution in [2.45, 2.75) is 0 Å². The largest absolute Gasteiger partial charge is 0.358 e. The lowest BCUT2D eigenvalue weighted by Crippen LogP contribution is -2.17. The van der Waals surface area contributed by atoms with Crippen molar-refractivity contribution in [2.75, 3.05) is 25.5 Å². The van der Waals surface area contributed by atoms with Crippen LogP contribution in [0.5, 0.6) is 0 Å². The van der Waals surface area contributed by atoms with E-state index in [0.29, 0.717) is 0 Å². The third-order valence-corrected chi connectivity index (χ3v) is 1.50. The maximum atomic E-state index is 3.71. The molecule has 0 saturated heterocycles. The molecule has 0 radical (unpaired) electrons. The highest BCUT2D eigenvalue weighted by molar-refractivity contribution is 7.09. The highest BCUT2D eigenvalue weighted by Crippen LogP contribution is 2.02. The predicted octanol–water partition coefficient (Wildman–Crippen LogP) is -0.436. The van der Waals surface area contributed by atoms with Crippen molar-refractivity contribution >= 4 is 16.7 Å². The Morgan fingerprint density at radius 1 is 1.50 bits per heavy atom. The van der Waals surface area contributed by atoms with Crippen LogP contribution in [0.15, 0.2) is 0 Å². The standard InChI is InChI=1S/C4H9N5S/c1-5-2-3-6-4-7-8-9-10-4/h5H,2-3H2,1H3,(H,6,7,9). The monoisotopic (exact) mass is 159 g/mol. The van der Waals surface area contributed by atoms with Gasteiger partial charge in [0.25, 0.3) is 0 Å². The fourth-order valence-corrected chi connectivity index (χ4v) is 0.886. The van der Waals surface area contributed by atoms with Crippen molar-refractivity contribution in [1.29, 1.82) is 0 Å². The van der Waals surface area contributed by atoms with Crippen LogP contribution in [0.4, 0.5) is 5.13 Å². The molecule has 0 aliphatic rings. The summed E-state index contributed by atoms with van der Waals surface area (Å²) in [6, 6.07) is 0. The van der Waals surface area contributed by atoms with Crippen molar-refractivity contribution in [1.82, 2.24) is 20.1 Å². The van der Waals surface area contributed by atoms with Crippen LogP contribution in [0, 0.1) is 0 Å². The maximum Gasteiger partial charge on any atom is 0.225 e. The second-order valence-electron chi connectivity index (χ2n) is 1.70. The van der Waals surface area contributed by atoms with Crippen molar-refractivity contribution in [3.05, 3.63) is 0 Å². The van der Waals surface area contributed by atoms with Crippen molar-refractivity contribution in [2.24, 2.45) is 0 Å². The minimum Gasteiger partial charge on any atom is -0.358 e. The molecule has 1 aromatic rings. The SMILES string of the molecule is CNCCNc1nnns1. The van der Waals surface area contributed by atoms with Crippen LogP contribution in [0.1, 0.15) is 0 Å². The average Bonchev–Trinajstić information content (AvgIpc) is 2.41. The van der Waals surface area contributed by atoms with E-state index in [2.05, 4.69) is 25.4 Å². The molecule has 2 N–H and O–H groups in total. The lowest BCUT2D eigenvalue weighted by Gasteiger charge is -1.97. The first kappa shape index (κ1) is 7.36. The first-order valence-corrected chi connectivity index (χ1v) is 3.74. The van der Waals surface area contributed by atoms with Crippen molar-refractivity contribution in [3.63, 3.8) is 0 Å². The Balaban J connectivity index is 2.15. The third kappa shape index (κ3) is 2.24. The van der Waals surface area contributed by atoms with E-state index in [0.717, 1.165) is 18.2 Å². The highest BCUT2D eigenvalue weighted by Gasteiger charge is 1.92. The van der Waals surface area contributed by atoms with Crippen LogP contribution < -0.4 is 10.6 Å². The molecule has 56 valence electrons. The molecule has 1 heterocycles. The summed E-state index contributed by atoms with van der Waals surface area (Å²) in [5.41, 5.74) is 0. The Kier molecular flexibility index (Phi) is 3.04. The summed E-state index contributed by atoms with van der Waals surface area (Å²) in [6.07, 6.45) is 0. The Morgan fingerprint density at radius 2 is 2.40 bits per heavy atom. The molecule has 0 aliphatic heterocycles. The van der Waals surface area contributed by atoms with Gasteiger partial charge in [-0.15, -0.1) is 0 Å². The van der Waals surface area contributed by atoms with E-state index in [1.807, 2.05) is 7.05 Å². The van der Waals surface area contributed by atoms with Gasteiger partial charge in [0, 0.05) is 24.6 Å². The summed E-state index contributed by atoms with van der Waals surface area (Å²) in [7, 11) is 1.90. The molecule has 0 aliphatic carbocycles. The van der Waals surface area contributed by atoms with Crippen molar-refractivity contribution < 1.29 is 0 Å². The number of likely N-dealkylation sites (N-methyl/N-ethyl adjacent to an activating group) is 1. The van der Waals surface area contributed by atoms with Crippen LogP contribution in [-0.2, 0) is 0 Å². The molecular weight excluding hydrogens is 150 g/mol. The zero-order chi connectivity index (χ0) is 7.23. The van der Waals surface area contributed by atoms with Crippen LogP contribution in [0.25, 0.3) is 0 Å². The van der Waals surface area contributed by atoms with Crippen LogP contribution in [0.2, 0.25) is 0 Å². The van der Waals surface area contributed by atoms with Gasteiger partial charge in [0.15, 0.2) is 0 Å². The fourth-order valence-electron chi connectivity index (χ4n) is 0.496. The lowest BCUT2D eigenvalue weighted by molar-refractivity contribution is 0.820. The quantitative estimate of drug-likeness (QED) is 0.583. The van der Waals surface area contributed by atoms with E-state index >= 15 is 0 Å². The predicted molar refractivity (Wildman–Crippen MR) is 40.1 cm³/mol. The average molecular weight is 159 g/mol. The Labute approximate surface area is 63.0 Å². The molecule has 0 spiro atoms. The molecule has 0 saturated carbocycles. The van der Waals surface area contributed by atoms with Gasteiger partial charge in [-0.2, -0.15) is 0 Å². The number of anilines is 1. The Hall–Kier alpha value is -0.750. The smallest absolute Gasteiger partial charge is 0.225 e. The first-order chi connectivity index (χ1) is 4.93. The molecule has 0 fully saturated rings. The molecule has 1 rings (SSSR count). The molecule has 0 atom stereocenters. The second-order valence-corrected chi connectivity index (χ2v) is 2.43. The van der Waals surface area contributed by atoms with Crippen molar-refractivity contribution in [3.8, 4) is 0 Å². The van der Waals surface area contributed by atoms with Crippen LogP contribution in [-0.4, -0.2) is 34.9 Å². The minimum absolute atomic E-state index is 0.773. The normalized spacial score (nSPS) is 9.70. The molecule has 0 aromatic carbocycles. The van der Waals surface area contributed by atoms with Gasteiger partial charge in [-0.1, -0.05) is 9.59 Å². The van der Waals surface area contributed by atoms with E-state index in [-0.39, 0.29) is 0 Å².